The fourth-order valence-corrected chi connectivity index (χ4v) is 1.10. The smallest absolute Gasteiger partial charge is 0.209 e. The van der Waals surface area contributed by atoms with E-state index >= 15 is 0 Å². The van der Waals surface area contributed by atoms with E-state index in [1.807, 2.05) is 27.7 Å². The Morgan fingerprint density at radius 1 is 1.12 bits per heavy atom. The maximum Gasteiger partial charge on any atom is 0.209 e. The SMILES string of the molecule is CC.CC.FC1CNC1.O=CN1CCCC1. The molecule has 0 aliphatic carbocycles. The normalized spacial score (nSPS) is 17.7. The molecule has 2 rings (SSSR count). The molecular weight excluding hydrogens is 207 g/mol. The highest BCUT2D eigenvalue weighted by atomic mass is 19.1. The lowest BCUT2D eigenvalue weighted by Crippen LogP contribution is -2.43. The number of hydrogen-bond acceptors (Lipinski definition) is 2. The van der Waals surface area contributed by atoms with Crippen molar-refractivity contribution in [2.45, 2.75) is 46.7 Å². The Kier molecular flexibility index (Phi) is 15.9. The molecule has 1 amide bonds. The van der Waals surface area contributed by atoms with E-state index in [-0.39, 0.29) is 0 Å². The van der Waals surface area contributed by atoms with Gasteiger partial charge in [0.1, 0.15) is 6.17 Å². The Morgan fingerprint density at radius 3 is 1.62 bits per heavy atom. The lowest BCUT2D eigenvalue weighted by Gasteiger charge is -2.17. The third-order valence-corrected chi connectivity index (χ3v) is 2.02. The van der Waals surface area contributed by atoms with Gasteiger partial charge in [-0.25, -0.2) is 4.39 Å². The lowest BCUT2D eigenvalue weighted by molar-refractivity contribution is -0.117. The van der Waals surface area contributed by atoms with Crippen molar-refractivity contribution >= 4 is 6.41 Å². The summed E-state index contributed by atoms with van der Waals surface area (Å²) in [5, 5.41) is 2.79. The molecule has 0 aromatic carbocycles. The Bertz CT molecular complexity index is 135. The molecule has 0 aromatic heterocycles. The zero-order valence-corrected chi connectivity index (χ0v) is 11.1. The molecule has 0 atom stereocenters. The number of amides is 1. The molecule has 0 unspecified atom stereocenters. The van der Waals surface area contributed by atoms with Gasteiger partial charge in [-0.2, -0.15) is 0 Å². The van der Waals surface area contributed by atoms with Crippen molar-refractivity contribution in [1.29, 1.82) is 0 Å². The molecule has 0 bridgehead atoms. The number of likely N-dealkylation sites (tertiary alicyclic amines) is 1. The largest absolute Gasteiger partial charge is 0.345 e. The molecular formula is C12H27FN2O. The first-order valence-electron chi connectivity index (χ1n) is 6.37. The Morgan fingerprint density at radius 2 is 1.50 bits per heavy atom. The minimum absolute atomic E-state index is 0.546. The van der Waals surface area contributed by atoms with E-state index in [4.69, 9.17) is 0 Å². The number of rotatable bonds is 1. The molecule has 2 fully saturated rings. The molecule has 0 spiro atoms. The zero-order chi connectivity index (χ0) is 12.8. The molecule has 98 valence electrons. The summed E-state index contributed by atoms with van der Waals surface area (Å²) in [7, 11) is 0. The molecule has 0 saturated carbocycles. The number of alkyl halides is 1. The summed E-state index contributed by atoms with van der Waals surface area (Å²) in [6.07, 6.45) is 2.76. The number of hydrogen-bond donors (Lipinski definition) is 1. The van der Waals surface area contributed by atoms with E-state index < -0.39 is 6.17 Å². The second-order valence-electron chi connectivity index (χ2n) is 3.10. The monoisotopic (exact) mass is 234 g/mol. The summed E-state index contributed by atoms with van der Waals surface area (Å²) >= 11 is 0. The number of nitrogens with one attached hydrogen (secondary N) is 1. The van der Waals surface area contributed by atoms with Crippen LogP contribution in [0.5, 0.6) is 0 Å². The Hall–Kier alpha value is -0.640. The van der Waals surface area contributed by atoms with Crippen molar-refractivity contribution < 1.29 is 9.18 Å². The van der Waals surface area contributed by atoms with E-state index in [0.29, 0.717) is 13.1 Å². The van der Waals surface area contributed by atoms with Crippen molar-refractivity contribution in [2.75, 3.05) is 26.2 Å². The standard InChI is InChI=1S/C5H9NO.C3H6FN.2C2H6/c7-5-6-3-1-2-4-6;4-3-1-5-2-3;2*1-2/h5H,1-4H2;3,5H,1-2H2;2*1-2H3. The van der Waals surface area contributed by atoms with Crippen molar-refractivity contribution in [3.05, 3.63) is 0 Å². The van der Waals surface area contributed by atoms with Gasteiger partial charge in [-0.05, 0) is 12.8 Å². The van der Waals surface area contributed by atoms with Gasteiger partial charge >= 0.3 is 0 Å². The summed E-state index contributed by atoms with van der Waals surface area (Å²) in [6.45, 7) is 11.1. The van der Waals surface area contributed by atoms with Gasteiger partial charge in [0, 0.05) is 26.2 Å². The Balaban J connectivity index is 0. The van der Waals surface area contributed by atoms with Gasteiger partial charge in [-0.1, -0.05) is 27.7 Å². The van der Waals surface area contributed by atoms with E-state index in [2.05, 4.69) is 5.32 Å². The van der Waals surface area contributed by atoms with Gasteiger partial charge in [0.25, 0.3) is 0 Å². The van der Waals surface area contributed by atoms with E-state index in [1.54, 1.807) is 4.90 Å². The lowest BCUT2D eigenvalue weighted by atomic mass is 10.3. The maximum atomic E-state index is 11.5. The fraction of sp³-hybridized carbons (Fsp3) is 0.917. The van der Waals surface area contributed by atoms with E-state index in [0.717, 1.165) is 19.5 Å². The third-order valence-electron chi connectivity index (χ3n) is 2.02. The average Bonchev–Trinajstić information content (AvgIpc) is 2.85. The van der Waals surface area contributed by atoms with Crippen LogP contribution in [0.2, 0.25) is 0 Å². The summed E-state index contributed by atoms with van der Waals surface area (Å²) in [4.78, 5) is 11.7. The van der Waals surface area contributed by atoms with Crippen LogP contribution in [-0.2, 0) is 4.79 Å². The summed E-state index contributed by atoms with van der Waals surface area (Å²) in [5.41, 5.74) is 0. The zero-order valence-electron chi connectivity index (χ0n) is 11.1. The number of halogens is 1. The van der Waals surface area contributed by atoms with Gasteiger partial charge in [0.2, 0.25) is 6.41 Å². The first-order chi connectivity index (χ1) is 7.83. The molecule has 2 aliphatic heterocycles. The molecule has 2 saturated heterocycles. The summed E-state index contributed by atoms with van der Waals surface area (Å²) in [6, 6.07) is 0. The van der Waals surface area contributed by atoms with Gasteiger partial charge in [-0.3, -0.25) is 4.79 Å². The van der Waals surface area contributed by atoms with Crippen molar-refractivity contribution in [3.8, 4) is 0 Å². The molecule has 4 heteroatoms. The van der Waals surface area contributed by atoms with Crippen LogP contribution in [0.1, 0.15) is 40.5 Å². The molecule has 3 nitrogen and oxygen atoms in total. The van der Waals surface area contributed by atoms with Crippen LogP contribution in [0.25, 0.3) is 0 Å². The number of carbonyl (C=O) groups excluding carboxylic acids is 1. The van der Waals surface area contributed by atoms with E-state index in [1.165, 1.54) is 12.8 Å². The second kappa shape index (κ2) is 14.4. The first-order valence-corrected chi connectivity index (χ1v) is 6.37. The van der Waals surface area contributed by atoms with Crippen LogP contribution < -0.4 is 5.32 Å². The summed E-state index contributed by atoms with van der Waals surface area (Å²) < 4.78 is 11.5. The minimum Gasteiger partial charge on any atom is -0.345 e. The molecule has 2 heterocycles. The molecule has 0 radical (unpaired) electrons. The number of nitrogens with zero attached hydrogens (tertiary/aromatic N) is 1. The van der Waals surface area contributed by atoms with Crippen LogP contribution in [0.3, 0.4) is 0 Å². The van der Waals surface area contributed by atoms with Crippen molar-refractivity contribution in [1.82, 2.24) is 10.2 Å². The molecule has 1 N–H and O–H groups in total. The highest BCUT2D eigenvalue weighted by molar-refractivity contribution is 5.47. The topological polar surface area (TPSA) is 32.3 Å². The predicted molar refractivity (Wildman–Crippen MR) is 67.3 cm³/mol. The first kappa shape index (κ1) is 17.7. The highest BCUT2D eigenvalue weighted by Gasteiger charge is 2.12. The van der Waals surface area contributed by atoms with Crippen LogP contribution in [0.15, 0.2) is 0 Å². The third kappa shape index (κ3) is 9.90. The van der Waals surface area contributed by atoms with Gasteiger partial charge in [0.05, 0.1) is 0 Å². The minimum atomic E-state index is -0.546. The van der Waals surface area contributed by atoms with Crippen LogP contribution >= 0.6 is 0 Å². The Labute approximate surface area is 99.4 Å². The van der Waals surface area contributed by atoms with Crippen LogP contribution in [0, 0.1) is 0 Å². The van der Waals surface area contributed by atoms with Gasteiger partial charge in [0.15, 0.2) is 0 Å². The molecule has 0 aromatic rings. The summed E-state index contributed by atoms with van der Waals surface area (Å²) in [5.74, 6) is 0. The van der Waals surface area contributed by atoms with Gasteiger partial charge < -0.3 is 10.2 Å². The molecule has 16 heavy (non-hydrogen) atoms. The maximum absolute atomic E-state index is 11.5. The van der Waals surface area contributed by atoms with Crippen LogP contribution in [-0.4, -0.2) is 43.7 Å². The quantitative estimate of drug-likeness (QED) is 0.706. The fourth-order valence-electron chi connectivity index (χ4n) is 1.10. The average molecular weight is 234 g/mol. The predicted octanol–water partition coefficient (Wildman–Crippen LogP) is 2.22. The second-order valence-corrected chi connectivity index (χ2v) is 3.10. The van der Waals surface area contributed by atoms with E-state index in [9.17, 15) is 9.18 Å². The molecule has 2 aliphatic rings. The van der Waals surface area contributed by atoms with Crippen molar-refractivity contribution in [2.24, 2.45) is 0 Å². The highest BCUT2D eigenvalue weighted by Crippen LogP contribution is 2.02. The number of carbonyl (C=O) groups is 1. The van der Waals surface area contributed by atoms with Gasteiger partial charge in [-0.15, -0.1) is 0 Å². The van der Waals surface area contributed by atoms with Crippen molar-refractivity contribution in [3.63, 3.8) is 0 Å². The van der Waals surface area contributed by atoms with Crippen LogP contribution in [0.4, 0.5) is 4.39 Å².